The van der Waals surface area contributed by atoms with Crippen LogP contribution in [0.5, 0.6) is 5.75 Å². The normalized spacial score (nSPS) is 11.2. The molecule has 0 radical (unpaired) electrons. The van der Waals surface area contributed by atoms with Crippen LogP contribution in [0, 0.1) is 13.8 Å². The highest BCUT2D eigenvalue weighted by Crippen LogP contribution is 2.26. The monoisotopic (exact) mass is 414 g/mol. The van der Waals surface area contributed by atoms with Gasteiger partial charge in [-0.2, -0.15) is 4.98 Å². The van der Waals surface area contributed by atoms with Crippen molar-refractivity contribution >= 4 is 33.3 Å². The molecule has 3 heterocycles. The van der Waals surface area contributed by atoms with Crippen molar-refractivity contribution in [3.8, 4) is 17.1 Å². The number of thioether (sulfide) groups is 1. The summed E-state index contributed by atoms with van der Waals surface area (Å²) in [5.74, 6) is 3.59. The Morgan fingerprint density at radius 1 is 1.18 bits per heavy atom. The molecule has 28 heavy (non-hydrogen) atoms. The fourth-order valence-corrected chi connectivity index (χ4v) is 4.55. The van der Waals surface area contributed by atoms with Gasteiger partial charge >= 0.3 is 0 Å². The number of aromatic amines is 1. The zero-order chi connectivity index (χ0) is 19.7. The van der Waals surface area contributed by atoms with Gasteiger partial charge in [-0.25, -0.2) is 4.98 Å². The number of methoxy groups -OCH3 is 1. The lowest BCUT2D eigenvalue weighted by Crippen LogP contribution is -2.10. The molecule has 0 unspecified atom stereocenters. The molecule has 0 bridgehead atoms. The summed E-state index contributed by atoms with van der Waals surface area (Å²) in [6.07, 6.45) is 0. The number of rotatable bonds is 6. The number of aromatic nitrogens is 4. The number of hydrogen-bond acceptors (Lipinski definition) is 8. The second kappa shape index (κ2) is 7.76. The topological polar surface area (TPSA) is 93.9 Å². The molecule has 3 aromatic heterocycles. The van der Waals surface area contributed by atoms with Crippen molar-refractivity contribution in [1.29, 1.82) is 0 Å². The van der Waals surface area contributed by atoms with Crippen molar-refractivity contribution in [2.75, 3.05) is 7.11 Å². The zero-order valence-corrected chi connectivity index (χ0v) is 17.2. The molecule has 1 N–H and O–H groups in total. The maximum Gasteiger partial charge on any atom is 0.259 e. The fourth-order valence-electron chi connectivity index (χ4n) is 2.77. The number of benzene rings is 1. The number of H-pyrrole nitrogens is 1. The number of hydrogen-bond donors (Lipinski definition) is 1. The number of nitrogens with zero attached hydrogens (tertiary/aromatic N) is 3. The van der Waals surface area contributed by atoms with E-state index in [1.165, 1.54) is 0 Å². The third kappa shape index (κ3) is 3.67. The smallest absolute Gasteiger partial charge is 0.259 e. The Morgan fingerprint density at radius 3 is 2.71 bits per heavy atom. The predicted molar refractivity (Wildman–Crippen MR) is 111 cm³/mol. The number of nitrogens with one attached hydrogen (secondary N) is 1. The van der Waals surface area contributed by atoms with Gasteiger partial charge in [0.2, 0.25) is 11.7 Å². The van der Waals surface area contributed by atoms with Crippen molar-refractivity contribution in [3.05, 3.63) is 56.8 Å². The van der Waals surface area contributed by atoms with Crippen LogP contribution in [0.3, 0.4) is 0 Å². The van der Waals surface area contributed by atoms with Crippen molar-refractivity contribution in [1.82, 2.24) is 20.1 Å². The van der Waals surface area contributed by atoms with Gasteiger partial charge in [0.05, 0.1) is 24.0 Å². The average molecular weight is 415 g/mol. The summed E-state index contributed by atoms with van der Waals surface area (Å²) in [7, 11) is 1.62. The number of ether oxygens (including phenoxy) is 1. The Kier molecular flexibility index (Phi) is 5.19. The molecular formula is C19H18N4O3S2. The molecule has 9 heteroatoms. The number of thiophene rings is 1. The molecule has 0 fully saturated rings. The van der Waals surface area contributed by atoms with Gasteiger partial charge in [0.25, 0.3) is 5.56 Å². The maximum atomic E-state index is 12.3. The minimum absolute atomic E-state index is 0.0815. The summed E-state index contributed by atoms with van der Waals surface area (Å²) in [6.45, 7) is 3.96. The fraction of sp³-hybridized carbons (Fsp3) is 0.263. The third-order valence-corrected chi connectivity index (χ3v) is 6.40. The Morgan fingerprint density at radius 2 is 1.96 bits per heavy atom. The lowest BCUT2D eigenvalue weighted by atomic mass is 10.2. The first-order chi connectivity index (χ1) is 13.5. The van der Waals surface area contributed by atoms with Gasteiger partial charge in [-0.1, -0.05) is 5.16 Å². The van der Waals surface area contributed by atoms with Crippen LogP contribution in [-0.2, 0) is 11.5 Å². The van der Waals surface area contributed by atoms with Crippen molar-refractivity contribution in [2.45, 2.75) is 25.4 Å². The summed E-state index contributed by atoms with van der Waals surface area (Å²) < 4.78 is 10.5. The van der Waals surface area contributed by atoms with E-state index in [0.717, 1.165) is 26.6 Å². The Balaban J connectivity index is 1.42. The highest BCUT2D eigenvalue weighted by atomic mass is 32.2. The molecule has 144 valence electrons. The molecule has 0 aliphatic heterocycles. The van der Waals surface area contributed by atoms with Gasteiger partial charge in [0, 0.05) is 10.4 Å². The molecule has 4 rings (SSSR count). The standard InChI is InChI=1S/C19H18N4O3S2/c1-10-11(2)28-19-16(10)18(24)20-14(21-19)8-27-9-15-22-17(23-26-15)12-4-6-13(25-3)7-5-12/h4-7H,8-9H2,1-3H3,(H,20,21,24). The Hall–Kier alpha value is -2.65. The summed E-state index contributed by atoms with van der Waals surface area (Å²) in [4.78, 5) is 26.1. The van der Waals surface area contributed by atoms with Gasteiger partial charge in [0.1, 0.15) is 16.4 Å². The molecular weight excluding hydrogens is 396 g/mol. The SMILES string of the molecule is COc1ccc(-c2noc(CSCc3nc4sc(C)c(C)c4c(=O)[nH]3)n2)cc1. The second-order valence-electron chi connectivity index (χ2n) is 6.21. The minimum Gasteiger partial charge on any atom is -0.497 e. The molecule has 0 spiro atoms. The predicted octanol–water partition coefficient (Wildman–Crippen LogP) is 4.09. The molecule has 0 atom stereocenters. The zero-order valence-electron chi connectivity index (χ0n) is 15.6. The van der Waals surface area contributed by atoms with Crippen LogP contribution in [0.25, 0.3) is 21.6 Å². The molecule has 4 aromatic rings. The molecule has 0 aliphatic rings. The van der Waals surface area contributed by atoms with Gasteiger partial charge in [0.15, 0.2) is 0 Å². The quantitative estimate of drug-likeness (QED) is 0.508. The van der Waals surface area contributed by atoms with E-state index in [2.05, 4.69) is 20.1 Å². The van der Waals surface area contributed by atoms with Gasteiger partial charge in [-0.3, -0.25) is 4.79 Å². The number of fused-ring (bicyclic) bond motifs is 1. The van der Waals surface area contributed by atoms with E-state index >= 15 is 0 Å². The van der Waals surface area contributed by atoms with E-state index in [1.807, 2.05) is 38.1 Å². The third-order valence-electron chi connectivity index (χ3n) is 4.37. The summed E-state index contributed by atoms with van der Waals surface area (Å²) in [5, 5.41) is 4.71. The van der Waals surface area contributed by atoms with Crippen LogP contribution < -0.4 is 10.3 Å². The molecule has 0 amide bonds. The van der Waals surface area contributed by atoms with Gasteiger partial charge < -0.3 is 14.2 Å². The van der Waals surface area contributed by atoms with E-state index in [4.69, 9.17) is 9.26 Å². The highest BCUT2D eigenvalue weighted by molar-refractivity contribution is 7.97. The average Bonchev–Trinajstić information content (AvgIpc) is 3.27. The van der Waals surface area contributed by atoms with E-state index in [-0.39, 0.29) is 5.56 Å². The van der Waals surface area contributed by atoms with Crippen LogP contribution in [0.15, 0.2) is 33.6 Å². The van der Waals surface area contributed by atoms with E-state index in [9.17, 15) is 4.79 Å². The Bertz CT molecular complexity index is 1180. The van der Waals surface area contributed by atoms with Crippen LogP contribution in [0.2, 0.25) is 0 Å². The Labute approximate surface area is 169 Å². The van der Waals surface area contributed by atoms with E-state index in [0.29, 0.717) is 34.4 Å². The first kappa shape index (κ1) is 18.7. The molecule has 0 saturated carbocycles. The summed E-state index contributed by atoms with van der Waals surface area (Å²) in [6, 6.07) is 7.48. The first-order valence-corrected chi connectivity index (χ1v) is 10.6. The van der Waals surface area contributed by atoms with Crippen molar-refractivity contribution in [3.63, 3.8) is 0 Å². The van der Waals surface area contributed by atoms with E-state index < -0.39 is 0 Å². The van der Waals surface area contributed by atoms with Crippen LogP contribution in [-0.4, -0.2) is 27.2 Å². The highest BCUT2D eigenvalue weighted by Gasteiger charge is 2.13. The molecule has 0 aliphatic carbocycles. The summed E-state index contributed by atoms with van der Waals surface area (Å²) >= 11 is 3.11. The largest absolute Gasteiger partial charge is 0.497 e. The maximum absolute atomic E-state index is 12.3. The molecule has 0 saturated heterocycles. The lowest BCUT2D eigenvalue weighted by molar-refractivity contribution is 0.391. The van der Waals surface area contributed by atoms with Gasteiger partial charge in [-0.15, -0.1) is 23.1 Å². The van der Waals surface area contributed by atoms with Crippen molar-refractivity contribution in [2.24, 2.45) is 0 Å². The minimum atomic E-state index is -0.0815. The van der Waals surface area contributed by atoms with E-state index in [1.54, 1.807) is 30.2 Å². The van der Waals surface area contributed by atoms with Crippen LogP contribution in [0.1, 0.15) is 22.2 Å². The molecule has 7 nitrogen and oxygen atoms in total. The van der Waals surface area contributed by atoms with Gasteiger partial charge in [-0.05, 0) is 43.7 Å². The lowest BCUT2D eigenvalue weighted by Gasteiger charge is -2.00. The van der Waals surface area contributed by atoms with Crippen LogP contribution >= 0.6 is 23.1 Å². The molecule has 1 aromatic carbocycles. The van der Waals surface area contributed by atoms with Crippen molar-refractivity contribution < 1.29 is 9.26 Å². The number of aryl methyl sites for hydroxylation is 2. The first-order valence-electron chi connectivity index (χ1n) is 8.59. The van der Waals surface area contributed by atoms with Crippen LogP contribution in [0.4, 0.5) is 0 Å². The summed E-state index contributed by atoms with van der Waals surface area (Å²) in [5.41, 5.74) is 1.78. The second-order valence-corrected chi connectivity index (χ2v) is 8.40.